The van der Waals surface area contributed by atoms with Crippen LogP contribution in [0.3, 0.4) is 0 Å². The second-order valence-corrected chi connectivity index (χ2v) is 9.54. The van der Waals surface area contributed by atoms with Crippen LogP contribution in [0.25, 0.3) is 0 Å². The van der Waals surface area contributed by atoms with Crippen LogP contribution in [-0.2, 0) is 36.9 Å². The van der Waals surface area contributed by atoms with Gasteiger partial charge in [0.05, 0.1) is 38.3 Å². The average Bonchev–Trinajstić information content (AvgIpc) is 2.89. The van der Waals surface area contributed by atoms with Crippen LogP contribution in [0.2, 0.25) is 0 Å². The van der Waals surface area contributed by atoms with Gasteiger partial charge in [-0.25, -0.2) is 0 Å². The summed E-state index contributed by atoms with van der Waals surface area (Å²) in [7, 11) is 3.19. The van der Waals surface area contributed by atoms with Gasteiger partial charge in [0, 0.05) is 33.7 Å². The highest BCUT2D eigenvalue weighted by Gasteiger charge is 2.33. The van der Waals surface area contributed by atoms with E-state index in [1.54, 1.807) is 19.1 Å². The topological polar surface area (TPSA) is 97.4 Å². The summed E-state index contributed by atoms with van der Waals surface area (Å²) in [6.07, 6.45) is 1.41. The van der Waals surface area contributed by atoms with Crippen molar-refractivity contribution in [2.75, 3.05) is 40.4 Å². The molecule has 2 aromatic rings. The lowest BCUT2D eigenvalue weighted by Crippen LogP contribution is -2.58. The van der Waals surface area contributed by atoms with E-state index in [2.05, 4.69) is 5.32 Å². The summed E-state index contributed by atoms with van der Waals surface area (Å²) < 4.78 is 17.4. The highest BCUT2D eigenvalue weighted by molar-refractivity contribution is 5.85. The molecule has 1 saturated heterocycles. The maximum Gasteiger partial charge on any atom is 0.239 e. The number of likely N-dealkylation sites (tertiary alicyclic amines) is 1. The second kappa shape index (κ2) is 12.7. The Kier molecular flexibility index (Phi) is 9.14. The van der Waals surface area contributed by atoms with Gasteiger partial charge in [0.15, 0.2) is 0 Å². The SMILES string of the molecule is COCCC(=O)N1CC[C@@H]2OCc3cccc(c3)Oc3cccc(c3)CCC(=O)N(C)CC(=O)N[C@@H]2C1. The van der Waals surface area contributed by atoms with E-state index in [4.69, 9.17) is 14.2 Å². The number of piperidine rings is 1. The molecule has 2 atom stereocenters. The van der Waals surface area contributed by atoms with Crippen LogP contribution in [-0.4, -0.2) is 80.1 Å². The quantitative estimate of drug-likeness (QED) is 0.683. The molecule has 1 N–H and O–H groups in total. The lowest BCUT2D eigenvalue weighted by atomic mass is 10.0. The summed E-state index contributed by atoms with van der Waals surface area (Å²) >= 11 is 0. The van der Waals surface area contributed by atoms with Crippen LogP contribution in [0.5, 0.6) is 11.5 Å². The normalized spacial score (nSPS) is 21.2. The molecule has 2 aromatic carbocycles. The maximum atomic E-state index is 12.9. The summed E-state index contributed by atoms with van der Waals surface area (Å²) in [5.74, 6) is 0.970. The van der Waals surface area contributed by atoms with Crippen LogP contribution < -0.4 is 10.1 Å². The van der Waals surface area contributed by atoms with E-state index in [0.717, 1.165) is 11.1 Å². The van der Waals surface area contributed by atoms with Crippen molar-refractivity contribution in [3.8, 4) is 11.5 Å². The minimum absolute atomic E-state index is 0.0191. The van der Waals surface area contributed by atoms with E-state index in [1.807, 2.05) is 48.5 Å². The van der Waals surface area contributed by atoms with Crippen LogP contribution in [0.1, 0.15) is 30.4 Å². The molecule has 0 saturated carbocycles. The monoisotopic (exact) mass is 509 g/mol. The molecule has 37 heavy (non-hydrogen) atoms. The van der Waals surface area contributed by atoms with Gasteiger partial charge in [-0.1, -0.05) is 24.3 Å². The van der Waals surface area contributed by atoms with Gasteiger partial charge in [0.1, 0.15) is 11.5 Å². The van der Waals surface area contributed by atoms with Gasteiger partial charge in [-0.05, 0) is 48.2 Å². The van der Waals surface area contributed by atoms with Gasteiger partial charge < -0.3 is 29.3 Å². The van der Waals surface area contributed by atoms with Gasteiger partial charge in [-0.2, -0.15) is 0 Å². The van der Waals surface area contributed by atoms with Crippen molar-refractivity contribution in [3.05, 3.63) is 59.7 Å². The predicted octanol–water partition coefficient (Wildman–Crippen LogP) is 2.52. The number of aryl methyl sites for hydroxylation is 1. The smallest absolute Gasteiger partial charge is 0.239 e. The number of hydrogen-bond acceptors (Lipinski definition) is 6. The van der Waals surface area contributed by atoms with Gasteiger partial charge in [0.2, 0.25) is 17.7 Å². The number of benzene rings is 2. The Labute approximate surface area is 217 Å². The van der Waals surface area contributed by atoms with Crippen molar-refractivity contribution >= 4 is 17.7 Å². The Hall–Kier alpha value is -3.43. The molecule has 2 aliphatic rings. The van der Waals surface area contributed by atoms with Gasteiger partial charge in [0.25, 0.3) is 0 Å². The fraction of sp³-hybridized carbons (Fsp3) is 0.464. The lowest BCUT2D eigenvalue weighted by molar-refractivity contribution is -0.139. The zero-order valence-corrected chi connectivity index (χ0v) is 21.5. The third-order valence-corrected chi connectivity index (χ3v) is 6.70. The first-order chi connectivity index (χ1) is 17.9. The molecule has 2 heterocycles. The molecule has 3 amide bonds. The van der Waals surface area contributed by atoms with Crippen molar-refractivity contribution in [2.45, 2.75) is 44.4 Å². The number of carbonyl (C=O) groups excluding carboxylic acids is 3. The van der Waals surface area contributed by atoms with E-state index in [-0.39, 0.29) is 43.2 Å². The van der Waals surface area contributed by atoms with Crippen LogP contribution in [0.15, 0.2) is 48.5 Å². The third kappa shape index (κ3) is 7.53. The first-order valence-electron chi connectivity index (χ1n) is 12.7. The number of ether oxygens (including phenoxy) is 3. The Morgan fingerprint density at radius 3 is 2.57 bits per heavy atom. The molecular weight excluding hydrogens is 474 g/mol. The molecule has 0 aromatic heterocycles. The minimum Gasteiger partial charge on any atom is -0.457 e. The number of hydrogen-bond donors (Lipinski definition) is 1. The average molecular weight is 510 g/mol. The lowest BCUT2D eigenvalue weighted by Gasteiger charge is -2.39. The first kappa shape index (κ1) is 26.6. The fourth-order valence-electron chi connectivity index (χ4n) is 4.64. The number of likely N-dealkylation sites (N-methyl/N-ethyl adjacent to an activating group) is 1. The fourth-order valence-corrected chi connectivity index (χ4v) is 4.64. The van der Waals surface area contributed by atoms with Crippen molar-refractivity contribution in [1.29, 1.82) is 0 Å². The van der Waals surface area contributed by atoms with E-state index in [9.17, 15) is 14.4 Å². The molecule has 4 rings (SSSR count). The number of nitrogens with zero attached hydrogens (tertiary/aromatic N) is 2. The third-order valence-electron chi connectivity index (χ3n) is 6.70. The number of amides is 3. The summed E-state index contributed by atoms with van der Waals surface area (Å²) in [6, 6.07) is 15.0. The van der Waals surface area contributed by atoms with Gasteiger partial charge in [-0.15, -0.1) is 0 Å². The van der Waals surface area contributed by atoms with E-state index in [1.165, 1.54) is 4.90 Å². The predicted molar refractivity (Wildman–Crippen MR) is 137 cm³/mol. The molecule has 0 radical (unpaired) electrons. The van der Waals surface area contributed by atoms with E-state index < -0.39 is 6.04 Å². The zero-order chi connectivity index (χ0) is 26.2. The van der Waals surface area contributed by atoms with Crippen molar-refractivity contribution in [2.24, 2.45) is 0 Å². The Bertz CT molecular complexity index is 1110. The molecule has 1 fully saturated rings. The summed E-state index contributed by atoms with van der Waals surface area (Å²) in [4.78, 5) is 41.4. The standard InChI is InChI=1S/C28H35N3O6/c1-30-18-26(32)29-24-17-31(28(34)12-14-35-2)13-11-25(24)36-19-21-6-4-8-23(16-21)37-22-7-3-5-20(15-22)9-10-27(30)33/h3-8,15-16,24-25H,9-14,17-19H2,1-2H3,(H,29,32)/t24-,25+/m1/s1. The summed E-state index contributed by atoms with van der Waals surface area (Å²) in [5.41, 5.74) is 1.93. The highest BCUT2D eigenvalue weighted by Crippen LogP contribution is 2.25. The van der Waals surface area contributed by atoms with Crippen LogP contribution in [0, 0.1) is 0 Å². The number of rotatable bonds is 3. The number of fused-ring (bicyclic) bond motifs is 5. The Balaban J connectivity index is 1.54. The van der Waals surface area contributed by atoms with Crippen molar-refractivity contribution in [3.63, 3.8) is 0 Å². The Morgan fingerprint density at radius 2 is 1.81 bits per heavy atom. The molecule has 9 nitrogen and oxygen atoms in total. The maximum absolute atomic E-state index is 12.9. The largest absolute Gasteiger partial charge is 0.457 e. The van der Waals surface area contributed by atoms with Crippen LogP contribution in [0.4, 0.5) is 0 Å². The number of carbonyl (C=O) groups is 3. The van der Waals surface area contributed by atoms with Gasteiger partial charge >= 0.3 is 0 Å². The molecule has 9 heteroatoms. The van der Waals surface area contributed by atoms with Gasteiger partial charge in [-0.3, -0.25) is 14.4 Å². The molecule has 0 aliphatic carbocycles. The molecule has 0 unspecified atom stereocenters. The highest BCUT2D eigenvalue weighted by atomic mass is 16.5. The molecule has 198 valence electrons. The molecule has 2 aliphatic heterocycles. The minimum atomic E-state index is -0.394. The number of nitrogens with one attached hydrogen (secondary N) is 1. The van der Waals surface area contributed by atoms with Crippen LogP contribution >= 0.6 is 0 Å². The molecular formula is C28H35N3O6. The summed E-state index contributed by atoms with van der Waals surface area (Å²) in [6.45, 7) is 1.50. The van der Waals surface area contributed by atoms with E-state index in [0.29, 0.717) is 50.6 Å². The molecule has 4 bridgehead atoms. The second-order valence-electron chi connectivity index (χ2n) is 9.54. The van der Waals surface area contributed by atoms with Crippen molar-refractivity contribution in [1.82, 2.24) is 15.1 Å². The van der Waals surface area contributed by atoms with Crippen molar-refractivity contribution < 1.29 is 28.6 Å². The molecule has 0 spiro atoms. The zero-order valence-electron chi connectivity index (χ0n) is 21.5. The Morgan fingerprint density at radius 1 is 1.08 bits per heavy atom. The first-order valence-corrected chi connectivity index (χ1v) is 12.7. The summed E-state index contributed by atoms with van der Waals surface area (Å²) in [5, 5.41) is 3.02. The number of methoxy groups -OCH3 is 1. The van der Waals surface area contributed by atoms with E-state index >= 15 is 0 Å².